The Labute approximate surface area is 207 Å². The summed E-state index contributed by atoms with van der Waals surface area (Å²) in [5.41, 5.74) is 8.91. The van der Waals surface area contributed by atoms with E-state index in [1.165, 1.54) is 0 Å². The maximum absolute atomic E-state index is 4.93. The second-order valence-corrected chi connectivity index (χ2v) is 8.70. The van der Waals surface area contributed by atoms with Crippen LogP contribution in [0, 0.1) is 6.92 Å². The highest BCUT2D eigenvalue weighted by Crippen LogP contribution is 2.30. The fourth-order valence-electron chi connectivity index (χ4n) is 4.25. The summed E-state index contributed by atoms with van der Waals surface area (Å²) in [5, 5.41) is 11.9. The number of fused-ring (bicyclic) bond motifs is 2. The Kier molecular flexibility index (Phi) is 5.29. The molecule has 1 aliphatic rings. The number of aryl methyl sites for hydroxylation is 1. The van der Waals surface area contributed by atoms with E-state index in [1.54, 1.807) is 6.33 Å². The molecule has 0 aliphatic carbocycles. The van der Waals surface area contributed by atoms with E-state index >= 15 is 0 Å². The van der Waals surface area contributed by atoms with Crippen LogP contribution in [0.15, 0.2) is 78.1 Å². The normalized spacial score (nSPS) is 13.6. The average molecular weight is 476 g/mol. The first-order valence-corrected chi connectivity index (χ1v) is 11.8. The quantitative estimate of drug-likeness (QED) is 0.325. The molecule has 1 aromatic carbocycles. The van der Waals surface area contributed by atoms with E-state index in [-0.39, 0.29) is 0 Å². The fraction of sp³-hybridized carbons (Fsp3) is 0.148. The van der Waals surface area contributed by atoms with Crippen molar-refractivity contribution in [3.05, 3.63) is 84.5 Å². The third-order valence-corrected chi connectivity index (χ3v) is 6.15. The lowest BCUT2D eigenvalue weighted by atomic mass is 10.1. The second-order valence-electron chi connectivity index (χ2n) is 8.70. The van der Waals surface area contributed by atoms with Gasteiger partial charge in [0, 0.05) is 29.1 Å². The molecule has 9 heteroatoms. The molecule has 0 unspecified atom stereocenters. The largest absolute Gasteiger partial charge is 0.358 e. The van der Waals surface area contributed by atoms with Crippen LogP contribution < -0.4 is 5.32 Å². The van der Waals surface area contributed by atoms with Gasteiger partial charge in [0.15, 0.2) is 5.82 Å². The summed E-state index contributed by atoms with van der Waals surface area (Å²) in [4.78, 5) is 21.9. The molecule has 0 saturated carbocycles. The van der Waals surface area contributed by atoms with E-state index < -0.39 is 0 Å². The summed E-state index contributed by atoms with van der Waals surface area (Å²) >= 11 is 0. The van der Waals surface area contributed by atoms with Gasteiger partial charge in [0.1, 0.15) is 11.2 Å². The van der Waals surface area contributed by atoms with Crippen molar-refractivity contribution in [2.75, 3.05) is 6.54 Å². The Bertz CT molecular complexity index is 1710. The minimum atomic E-state index is 0.577. The smallest absolute Gasteiger partial charge is 0.159 e. The van der Waals surface area contributed by atoms with Crippen LogP contribution in [-0.2, 0) is 0 Å². The molecule has 0 atom stereocenters. The number of pyridine rings is 1. The monoisotopic (exact) mass is 475 g/mol. The van der Waals surface area contributed by atoms with Gasteiger partial charge >= 0.3 is 0 Å². The van der Waals surface area contributed by atoms with Gasteiger partial charge in [-0.05, 0) is 37.6 Å². The number of H-pyrrole nitrogens is 2. The number of rotatable bonds is 6. The fourth-order valence-corrected chi connectivity index (χ4v) is 4.25. The van der Waals surface area contributed by atoms with Crippen LogP contribution in [0.1, 0.15) is 24.7 Å². The molecule has 6 rings (SSSR count). The zero-order valence-corrected chi connectivity index (χ0v) is 20.1. The molecule has 0 spiro atoms. The molecular weight excluding hydrogens is 450 g/mol. The van der Waals surface area contributed by atoms with Crippen molar-refractivity contribution in [1.82, 2.24) is 40.0 Å². The van der Waals surface area contributed by atoms with Gasteiger partial charge in [-0.1, -0.05) is 25.6 Å². The van der Waals surface area contributed by atoms with E-state index in [9.17, 15) is 0 Å². The molecule has 3 N–H and O–H groups in total. The lowest BCUT2D eigenvalue weighted by Crippen LogP contribution is -2.12. The summed E-state index contributed by atoms with van der Waals surface area (Å²) in [6.07, 6.45) is 12.4. The van der Waals surface area contributed by atoms with Gasteiger partial charge in [0.05, 0.1) is 52.9 Å². The Morgan fingerprint density at radius 3 is 2.97 bits per heavy atom. The summed E-state index contributed by atoms with van der Waals surface area (Å²) in [6.45, 7) is 8.65. The maximum Gasteiger partial charge on any atom is 0.159 e. The zero-order chi connectivity index (χ0) is 24.6. The first-order chi connectivity index (χ1) is 17.6. The van der Waals surface area contributed by atoms with Gasteiger partial charge < -0.3 is 14.9 Å². The first-order valence-electron chi connectivity index (χ1n) is 11.8. The molecule has 178 valence electrons. The van der Waals surface area contributed by atoms with Crippen LogP contribution in [0.5, 0.6) is 0 Å². The molecule has 0 fully saturated rings. The number of aliphatic imine (C=N–C) groups is 1. The number of allylic oxidation sites excluding steroid dienone is 4. The van der Waals surface area contributed by atoms with Gasteiger partial charge in [-0.25, -0.2) is 9.97 Å². The van der Waals surface area contributed by atoms with Crippen LogP contribution in [0.25, 0.3) is 44.7 Å². The van der Waals surface area contributed by atoms with Crippen LogP contribution in [0.4, 0.5) is 0 Å². The van der Waals surface area contributed by atoms with Crippen molar-refractivity contribution in [1.29, 1.82) is 0 Å². The van der Waals surface area contributed by atoms with Crippen LogP contribution in [0.3, 0.4) is 0 Å². The van der Waals surface area contributed by atoms with Crippen LogP contribution >= 0.6 is 0 Å². The Morgan fingerprint density at radius 1 is 1.22 bits per heavy atom. The molecule has 1 aliphatic heterocycles. The highest BCUT2D eigenvalue weighted by Gasteiger charge is 2.17. The minimum Gasteiger partial charge on any atom is -0.358 e. The zero-order valence-electron chi connectivity index (χ0n) is 20.1. The van der Waals surface area contributed by atoms with Crippen molar-refractivity contribution >= 4 is 33.7 Å². The van der Waals surface area contributed by atoms with Crippen molar-refractivity contribution < 1.29 is 0 Å². The van der Waals surface area contributed by atoms with E-state index in [0.717, 1.165) is 68.1 Å². The maximum atomic E-state index is 4.93. The predicted octanol–water partition coefficient (Wildman–Crippen LogP) is 4.86. The Morgan fingerprint density at radius 2 is 2.14 bits per heavy atom. The highest BCUT2D eigenvalue weighted by atomic mass is 15.1. The standard InChI is InChI=1S/C27H25N9/c1-4-16(2)31-19-10-18(8-9-28-12-19)22-11-20-23(13-29-22)34-35-25(20)27-32-21-6-5-7-24(26(21)33-27)36-14-17(3)30-15-36/h5-8,10-15,31H,2,4,9H2,1,3H3,(H,32,33)(H,34,35). The number of aromatic amines is 2. The van der Waals surface area contributed by atoms with E-state index in [4.69, 9.17) is 4.98 Å². The molecule has 0 saturated heterocycles. The number of imidazole rings is 2. The number of para-hydroxylation sites is 1. The second kappa shape index (κ2) is 8.77. The number of nitrogens with one attached hydrogen (secondary N) is 3. The lowest BCUT2D eigenvalue weighted by molar-refractivity contribution is 0.933. The molecule has 9 nitrogen and oxygen atoms in total. The molecule has 0 amide bonds. The molecule has 5 aromatic rings. The van der Waals surface area contributed by atoms with Crippen LogP contribution in [0.2, 0.25) is 0 Å². The van der Waals surface area contributed by atoms with Crippen LogP contribution in [-0.4, -0.2) is 47.5 Å². The number of benzene rings is 1. The summed E-state index contributed by atoms with van der Waals surface area (Å²) in [5.74, 6) is 0.688. The predicted molar refractivity (Wildman–Crippen MR) is 143 cm³/mol. The Balaban J connectivity index is 1.42. The average Bonchev–Trinajstić information content (AvgIpc) is 3.58. The summed E-state index contributed by atoms with van der Waals surface area (Å²) < 4.78 is 1.98. The first kappa shape index (κ1) is 21.7. The van der Waals surface area contributed by atoms with E-state index in [0.29, 0.717) is 12.4 Å². The van der Waals surface area contributed by atoms with Gasteiger partial charge in [-0.2, -0.15) is 5.10 Å². The van der Waals surface area contributed by atoms with E-state index in [1.807, 2.05) is 60.4 Å². The topological polar surface area (TPSA) is 112 Å². The molecule has 5 heterocycles. The SMILES string of the molecule is C=C(CC)NC1=CC(c2cc3c(-c4nc5c(-n6cnc(C)c6)cccc5[nH]4)n[nH]c3cn2)=CCN=C1. The summed E-state index contributed by atoms with van der Waals surface area (Å²) in [7, 11) is 0. The minimum absolute atomic E-state index is 0.577. The third kappa shape index (κ3) is 3.90. The van der Waals surface area contributed by atoms with Gasteiger partial charge in [0.25, 0.3) is 0 Å². The molecule has 4 aromatic heterocycles. The van der Waals surface area contributed by atoms with Crippen molar-refractivity contribution in [2.45, 2.75) is 20.3 Å². The van der Waals surface area contributed by atoms with Gasteiger partial charge in [-0.15, -0.1) is 0 Å². The van der Waals surface area contributed by atoms with Crippen molar-refractivity contribution in [3.8, 4) is 17.2 Å². The van der Waals surface area contributed by atoms with Crippen molar-refractivity contribution in [2.24, 2.45) is 4.99 Å². The number of hydrogen-bond acceptors (Lipinski definition) is 6. The molecule has 0 bridgehead atoms. The number of hydrogen-bond donors (Lipinski definition) is 3. The Hall–Kier alpha value is -4.79. The number of nitrogens with zero attached hydrogens (tertiary/aromatic N) is 6. The lowest BCUT2D eigenvalue weighted by Gasteiger charge is -2.08. The third-order valence-electron chi connectivity index (χ3n) is 6.15. The molecular formula is C27H25N9. The number of aromatic nitrogens is 7. The van der Waals surface area contributed by atoms with Crippen molar-refractivity contribution in [3.63, 3.8) is 0 Å². The van der Waals surface area contributed by atoms with E-state index in [2.05, 4.69) is 55.0 Å². The molecule has 0 radical (unpaired) electrons. The highest BCUT2D eigenvalue weighted by molar-refractivity contribution is 5.96. The van der Waals surface area contributed by atoms with Gasteiger partial charge in [-0.3, -0.25) is 15.1 Å². The molecule has 36 heavy (non-hydrogen) atoms. The summed E-state index contributed by atoms with van der Waals surface area (Å²) in [6, 6.07) is 8.10. The van der Waals surface area contributed by atoms with Gasteiger partial charge in [0.2, 0.25) is 0 Å².